The highest BCUT2D eigenvalue weighted by atomic mass is 32.2. The minimum atomic E-state index is -3.53. The van der Waals surface area contributed by atoms with Gasteiger partial charge in [-0.25, -0.2) is 12.7 Å². The monoisotopic (exact) mass is 498 g/mol. The lowest BCUT2D eigenvalue weighted by Crippen LogP contribution is -2.27. The number of hydrogen-bond donors (Lipinski definition) is 1. The Hall–Kier alpha value is -2.83. The first-order chi connectivity index (χ1) is 16.7. The fourth-order valence-corrected chi connectivity index (χ4v) is 5.83. The van der Waals surface area contributed by atoms with Crippen molar-refractivity contribution in [3.05, 3.63) is 47.0 Å². The standard InChI is InChI=1S/C24H26N4O6S/c1-27(2)35(30,31)15-6-4-14(5-7-15)17-12-18-21(19-13-28(3)10-8-16(17)19)25-23(29)22(18)26-34-24-20(33-24)9-11-32-24/h4-7,12,20H,8-11,13H2,1-3H3,(H,25,26,29). The molecule has 184 valence electrons. The van der Waals surface area contributed by atoms with Gasteiger partial charge in [-0.3, -0.25) is 4.79 Å². The molecule has 0 spiro atoms. The Bertz CT molecular complexity index is 1370. The molecule has 2 unspecified atom stereocenters. The van der Waals surface area contributed by atoms with Gasteiger partial charge in [0.2, 0.25) is 10.0 Å². The van der Waals surface area contributed by atoms with Crippen LogP contribution in [0.2, 0.25) is 0 Å². The SMILES string of the molecule is CN1CCc2c(-c3ccc(S(=O)(=O)N(C)C)cc3)cc3c(c2C1)NC(=O)C3=NOC12OCCC1O2. The van der Waals surface area contributed by atoms with Crippen LogP contribution in [0.25, 0.3) is 11.1 Å². The van der Waals surface area contributed by atoms with E-state index in [1.54, 1.807) is 12.1 Å². The van der Waals surface area contributed by atoms with Gasteiger partial charge in [0.05, 0.1) is 17.2 Å². The zero-order valence-corrected chi connectivity index (χ0v) is 20.5. The smallest absolute Gasteiger partial charge is 0.328 e. The molecule has 2 fully saturated rings. The molecule has 35 heavy (non-hydrogen) atoms. The van der Waals surface area contributed by atoms with E-state index in [-0.39, 0.29) is 22.6 Å². The van der Waals surface area contributed by atoms with E-state index >= 15 is 0 Å². The molecule has 1 amide bonds. The van der Waals surface area contributed by atoms with Crippen LogP contribution in [0.1, 0.15) is 23.1 Å². The molecule has 4 aliphatic rings. The molecule has 0 aromatic heterocycles. The first kappa shape index (κ1) is 22.6. The summed E-state index contributed by atoms with van der Waals surface area (Å²) in [6.07, 6.45) is 1.38. The first-order valence-corrected chi connectivity index (χ1v) is 12.9. The molecule has 10 nitrogen and oxygen atoms in total. The Labute approximate surface area is 203 Å². The molecule has 2 aromatic rings. The van der Waals surface area contributed by atoms with Crippen molar-refractivity contribution < 1.29 is 27.5 Å². The Morgan fingerprint density at radius 3 is 2.63 bits per heavy atom. The molecule has 2 atom stereocenters. The van der Waals surface area contributed by atoms with Gasteiger partial charge in [0.25, 0.3) is 5.91 Å². The summed E-state index contributed by atoms with van der Waals surface area (Å²) in [7, 11) is 1.53. The number of sulfonamides is 1. The molecule has 1 N–H and O–H groups in total. The molecule has 2 aromatic carbocycles. The van der Waals surface area contributed by atoms with Crippen LogP contribution in [-0.4, -0.2) is 75.6 Å². The zero-order chi connectivity index (χ0) is 24.5. The lowest BCUT2D eigenvalue weighted by atomic mass is 9.87. The quantitative estimate of drug-likeness (QED) is 0.494. The fraction of sp³-hybridized carbons (Fsp3) is 0.417. The third kappa shape index (κ3) is 3.57. The van der Waals surface area contributed by atoms with E-state index in [0.717, 1.165) is 47.3 Å². The number of carbonyl (C=O) groups excluding carboxylic acids is 1. The first-order valence-electron chi connectivity index (χ1n) is 11.5. The van der Waals surface area contributed by atoms with Gasteiger partial charge in [0.15, 0.2) is 11.8 Å². The summed E-state index contributed by atoms with van der Waals surface area (Å²) in [5.74, 6) is -1.51. The largest absolute Gasteiger partial charge is 0.378 e. The van der Waals surface area contributed by atoms with Crippen molar-refractivity contribution >= 4 is 27.3 Å². The number of carbonyl (C=O) groups is 1. The molecule has 11 heteroatoms. The summed E-state index contributed by atoms with van der Waals surface area (Å²) in [6, 6.07) is 8.78. The minimum Gasteiger partial charge on any atom is -0.328 e. The average molecular weight is 499 g/mol. The third-order valence-electron chi connectivity index (χ3n) is 6.96. The van der Waals surface area contributed by atoms with Gasteiger partial charge in [0, 0.05) is 39.2 Å². The number of nitrogens with zero attached hydrogens (tertiary/aromatic N) is 3. The molecule has 0 radical (unpaired) electrons. The zero-order valence-electron chi connectivity index (χ0n) is 19.7. The Balaban J connectivity index is 1.43. The summed E-state index contributed by atoms with van der Waals surface area (Å²) in [6.45, 7) is 2.08. The molecule has 4 aliphatic heterocycles. The predicted molar refractivity (Wildman–Crippen MR) is 127 cm³/mol. The number of fused-ring (bicyclic) bond motifs is 4. The minimum absolute atomic E-state index is 0.152. The molecule has 0 aliphatic carbocycles. The van der Waals surface area contributed by atoms with E-state index < -0.39 is 16.0 Å². The topological polar surface area (TPSA) is 113 Å². The summed E-state index contributed by atoms with van der Waals surface area (Å²) in [4.78, 5) is 20.9. The van der Waals surface area contributed by atoms with Gasteiger partial charge in [-0.15, -0.1) is 0 Å². The fourth-order valence-electron chi connectivity index (χ4n) is 4.93. The Morgan fingerprint density at radius 2 is 1.97 bits per heavy atom. The maximum absolute atomic E-state index is 12.9. The Morgan fingerprint density at radius 1 is 1.20 bits per heavy atom. The number of likely N-dealkylation sites (N-methyl/N-ethyl adjacent to an activating group) is 1. The van der Waals surface area contributed by atoms with E-state index in [1.807, 2.05) is 25.2 Å². The lowest BCUT2D eigenvalue weighted by molar-refractivity contribution is -0.219. The lowest BCUT2D eigenvalue weighted by Gasteiger charge is -2.29. The van der Waals surface area contributed by atoms with Gasteiger partial charge in [0.1, 0.15) is 0 Å². The van der Waals surface area contributed by atoms with E-state index in [1.165, 1.54) is 18.4 Å². The van der Waals surface area contributed by atoms with Crippen molar-refractivity contribution in [1.29, 1.82) is 0 Å². The second-order valence-corrected chi connectivity index (χ2v) is 11.6. The number of benzene rings is 2. The van der Waals surface area contributed by atoms with Crippen molar-refractivity contribution in [1.82, 2.24) is 9.21 Å². The van der Waals surface area contributed by atoms with E-state index in [9.17, 15) is 13.2 Å². The summed E-state index contributed by atoms with van der Waals surface area (Å²) in [5.41, 5.74) is 5.54. The Kier molecular flexibility index (Phi) is 5.07. The summed E-state index contributed by atoms with van der Waals surface area (Å²) in [5, 5.41) is 7.14. The second-order valence-electron chi connectivity index (χ2n) is 9.44. The highest BCUT2D eigenvalue weighted by Crippen LogP contribution is 2.47. The van der Waals surface area contributed by atoms with Crippen LogP contribution >= 0.6 is 0 Å². The van der Waals surface area contributed by atoms with Crippen LogP contribution in [-0.2, 0) is 42.1 Å². The number of nitrogens with one attached hydrogen (secondary N) is 1. The number of ether oxygens (including phenoxy) is 2. The second kappa shape index (κ2) is 7.84. The van der Waals surface area contributed by atoms with Crippen LogP contribution in [0, 0.1) is 0 Å². The van der Waals surface area contributed by atoms with Gasteiger partial charge in [-0.05, 0) is 53.9 Å². The van der Waals surface area contributed by atoms with Gasteiger partial charge < -0.3 is 24.5 Å². The number of epoxide rings is 1. The number of oxime groups is 1. The van der Waals surface area contributed by atoms with E-state index in [0.29, 0.717) is 18.7 Å². The van der Waals surface area contributed by atoms with Gasteiger partial charge >= 0.3 is 5.97 Å². The number of amides is 1. The highest BCUT2D eigenvalue weighted by molar-refractivity contribution is 7.89. The van der Waals surface area contributed by atoms with Crippen molar-refractivity contribution in [2.75, 3.05) is 39.6 Å². The average Bonchev–Trinajstić information content (AvgIpc) is 3.20. The number of rotatable bonds is 5. The number of hydrogen-bond acceptors (Lipinski definition) is 8. The van der Waals surface area contributed by atoms with Crippen molar-refractivity contribution in [2.45, 2.75) is 36.4 Å². The van der Waals surface area contributed by atoms with E-state index in [2.05, 4.69) is 15.4 Å². The molecule has 0 bridgehead atoms. The summed E-state index contributed by atoms with van der Waals surface area (Å²) < 4.78 is 37.2. The molecule has 0 saturated carbocycles. The van der Waals surface area contributed by atoms with Crippen LogP contribution in [0.3, 0.4) is 0 Å². The maximum Gasteiger partial charge on any atom is 0.378 e. The molecular weight excluding hydrogens is 472 g/mol. The molecule has 2 saturated heterocycles. The van der Waals surface area contributed by atoms with Gasteiger partial charge in [-0.1, -0.05) is 17.3 Å². The molecule has 4 heterocycles. The highest BCUT2D eigenvalue weighted by Gasteiger charge is 2.66. The van der Waals surface area contributed by atoms with Crippen LogP contribution in [0.4, 0.5) is 5.69 Å². The normalized spacial score (nSPS) is 26.5. The van der Waals surface area contributed by atoms with Crippen molar-refractivity contribution in [2.24, 2.45) is 5.16 Å². The van der Waals surface area contributed by atoms with Gasteiger partial charge in [-0.2, -0.15) is 0 Å². The van der Waals surface area contributed by atoms with Crippen molar-refractivity contribution in [3.63, 3.8) is 0 Å². The summed E-state index contributed by atoms with van der Waals surface area (Å²) >= 11 is 0. The maximum atomic E-state index is 12.9. The van der Waals surface area contributed by atoms with Crippen molar-refractivity contribution in [3.8, 4) is 11.1 Å². The predicted octanol–water partition coefficient (Wildman–Crippen LogP) is 1.74. The number of anilines is 1. The third-order valence-corrected chi connectivity index (χ3v) is 8.79. The molecule has 6 rings (SSSR count). The van der Waals surface area contributed by atoms with Crippen LogP contribution in [0.15, 0.2) is 40.4 Å². The molecular formula is C24H26N4O6S. The van der Waals surface area contributed by atoms with E-state index in [4.69, 9.17) is 14.3 Å². The van der Waals surface area contributed by atoms with Crippen LogP contribution in [0.5, 0.6) is 0 Å². The van der Waals surface area contributed by atoms with Crippen LogP contribution < -0.4 is 5.32 Å².